The topological polar surface area (TPSA) is 38.7 Å². The zero-order chi connectivity index (χ0) is 15.7. The molecule has 0 amide bonds. The molecule has 2 aromatic rings. The summed E-state index contributed by atoms with van der Waals surface area (Å²) in [5.41, 5.74) is 2.09. The van der Waals surface area contributed by atoms with E-state index in [1.54, 1.807) is 19.1 Å². The molecule has 21 heavy (non-hydrogen) atoms. The van der Waals surface area contributed by atoms with Crippen LogP contribution in [0.3, 0.4) is 0 Å². The fourth-order valence-corrected chi connectivity index (χ4v) is 1.62. The Labute approximate surface area is 130 Å². The summed E-state index contributed by atoms with van der Waals surface area (Å²) in [6.07, 6.45) is 5.45. The standard InChI is InChI=1S/C10H8ClN3.C7H10/c1-7-12-9(14-10(11)13-7)8-5-3-2-4-6-8;1-4-6-7(3)5-2/h2-6H,1H3;4-6H,1-2H2,3H3/b;7-6-. The molecule has 0 saturated heterocycles. The molecule has 0 N–H and O–H groups in total. The number of aromatic nitrogens is 3. The summed E-state index contributed by atoms with van der Waals surface area (Å²) in [5, 5.41) is 0.233. The largest absolute Gasteiger partial charge is 0.226 e. The van der Waals surface area contributed by atoms with E-state index >= 15 is 0 Å². The van der Waals surface area contributed by atoms with E-state index in [4.69, 9.17) is 11.6 Å². The maximum atomic E-state index is 5.74. The van der Waals surface area contributed by atoms with E-state index in [1.165, 1.54) is 0 Å². The van der Waals surface area contributed by atoms with Gasteiger partial charge in [-0.15, -0.1) is 0 Å². The predicted octanol–water partition coefficient (Wildman–Crippen LogP) is 4.81. The van der Waals surface area contributed by atoms with Crippen molar-refractivity contribution in [3.63, 3.8) is 0 Å². The summed E-state index contributed by atoms with van der Waals surface area (Å²) in [7, 11) is 0. The predicted molar refractivity (Wildman–Crippen MR) is 89.2 cm³/mol. The van der Waals surface area contributed by atoms with Crippen LogP contribution in [0.15, 0.2) is 67.3 Å². The minimum atomic E-state index is 0.233. The molecular weight excluding hydrogens is 282 g/mol. The average molecular weight is 300 g/mol. The van der Waals surface area contributed by atoms with Gasteiger partial charge in [-0.05, 0) is 25.4 Å². The van der Waals surface area contributed by atoms with Gasteiger partial charge in [0.05, 0.1) is 0 Å². The van der Waals surface area contributed by atoms with Gasteiger partial charge in [-0.25, -0.2) is 9.97 Å². The minimum Gasteiger partial charge on any atom is -0.213 e. The summed E-state index contributed by atoms with van der Waals surface area (Å²) in [6.45, 7) is 10.9. The smallest absolute Gasteiger partial charge is 0.213 e. The Balaban J connectivity index is 0.000000270. The van der Waals surface area contributed by atoms with Gasteiger partial charge in [0.15, 0.2) is 5.82 Å². The zero-order valence-corrected chi connectivity index (χ0v) is 13.0. The van der Waals surface area contributed by atoms with Gasteiger partial charge in [0.2, 0.25) is 5.28 Å². The lowest BCUT2D eigenvalue weighted by Gasteiger charge is -2.00. The van der Waals surface area contributed by atoms with Gasteiger partial charge in [-0.2, -0.15) is 4.98 Å². The van der Waals surface area contributed by atoms with Crippen molar-refractivity contribution in [2.45, 2.75) is 13.8 Å². The van der Waals surface area contributed by atoms with E-state index in [2.05, 4.69) is 28.1 Å². The number of hydrogen-bond donors (Lipinski definition) is 0. The number of allylic oxidation sites excluding steroid dienone is 4. The lowest BCUT2D eigenvalue weighted by Crippen LogP contribution is -1.95. The minimum absolute atomic E-state index is 0.233. The molecule has 1 aromatic carbocycles. The van der Waals surface area contributed by atoms with E-state index in [0.29, 0.717) is 11.6 Å². The summed E-state index contributed by atoms with van der Waals surface area (Å²) < 4.78 is 0. The van der Waals surface area contributed by atoms with Gasteiger partial charge in [0, 0.05) is 5.56 Å². The van der Waals surface area contributed by atoms with Gasteiger partial charge in [-0.3, -0.25) is 0 Å². The normalized spacial score (nSPS) is 10.3. The van der Waals surface area contributed by atoms with Gasteiger partial charge < -0.3 is 0 Å². The Hall–Kier alpha value is -2.26. The van der Waals surface area contributed by atoms with Crippen LogP contribution in [-0.2, 0) is 0 Å². The Morgan fingerprint density at radius 2 is 1.76 bits per heavy atom. The van der Waals surface area contributed by atoms with Crippen LogP contribution in [0, 0.1) is 6.92 Å². The second kappa shape index (κ2) is 8.82. The molecule has 0 aliphatic rings. The summed E-state index contributed by atoms with van der Waals surface area (Å²) >= 11 is 5.74. The first kappa shape index (κ1) is 16.8. The maximum absolute atomic E-state index is 5.74. The number of hydrogen-bond acceptors (Lipinski definition) is 3. The lowest BCUT2D eigenvalue weighted by atomic mass is 10.2. The number of rotatable bonds is 3. The van der Waals surface area contributed by atoms with Crippen molar-refractivity contribution in [2.24, 2.45) is 0 Å². The second-order valence-electron chi connectivity index (χ2n) is 4.19. The average Bonchev–Trinajstić information content (AvgIpc) is 2.48. The van der Waals surface area contributed by atoms with E-state index < -0.39 is 0 Å². The highest BCUT2D eigenvalue weighted by Gasteiger charge is 2.03. The molecule has 108 valence electrons. The molecule has 1 heterocycles. The van der Waals surface area contributed by atoms with Crippen LogP contribution in [0.1, 0.15) is 12.7 Å². The molecule has 4 heteroatoms. The third-order valence-electron chi connectivity index (χ3n) is 2.45. The van der Waals surface area contributed by atoms with E-state index in [1.807, 2.05) is 43.3 Å². The van der Waals surface area contributed by atoms with Crippen LogP contribution >= 0.6 is 11.6 Å². The van der Waals surface area contributed by atoms with Crippen molar-refractivity contribution in [3.05, 3.63) is 78.4 Å². The van der Waals surface area contributed by atoms with Crippen LogP contribution in [-0.4, -0.2) is 15.0 Å². The zero-order valence-electron chi connectivity index (χ0n) is 12.3. The van der Waals surface area contributed by atoms with Crippen molar-refractivity contribution in [2.75, 3.05) is 0 Å². The number of benzene rings is 1. The Morgan fingerprint density at radius 1 is 1.10 bits per heavy atom. The van der Waals surface area contributed by atoms with Crippen molar-refractivity contribution in [1.82, 2.24) is 15.0 Å². The highest BCUT2D eigenvalue weighted by atomic mass is 35.5. The molecule has 0 fully saturated rings. The monoisotopic (exact) mass is 299 g/mol. The van der Waals surface area contributed by atoms with Crippen molar-refractivity contribution in [3.8, 4) is 11.4 Å². The molecule has 2 rings (SSSR count). The van der Waals surface area contributed by atoms with E-state index in [0.717, 1.165) is 11.1 Å². The van der Waals surface area contributed by atoms with Gasteiger partial charge in [0.25, 0.3) is 0 Å². The quantitative estimate of drug-likeness (QED) is 0.764. The highest BCUT2D eigenvalue weighted by Crippen LogP contribution is 2.15. The molecule has 0 spiro atoms. The van der Waals surface area contributed by atoms with Crippen LogP contribution in [0.2, 0.25) is 5.28 Å². The Bertz CT molecular complexity index is 613. The molecule has 0 atom stereocenters. The first-order chi connectivity index (χ1) is 10.1. The first-order valence-corrected chi connectivity index (χ1v) is 6.80. The number of aryl methyl sites for hydroxylation is 1. The van der Waals surface area contributed by atoms with Crippen molar-refractivity contribution >= 4 is 11.6 Å². The van der Waals surface area contributed by atoms with Gasteiger partial charge in [-0.1, -0.05) is 67.3 Å². The van der Waals surface area contributed by atoms with Crippen LogP contribution in [0.5, 0.6) is 0 Å². The third-order valence-corrected chi connectivity index (χ3v) is 2.62. The molecule has 1 aromatic heterocycles. The second-order valence-corrected chi connectivity index (χ2v) is 4.53. The SMILES string of the molecule is C=C/C=C(/C)C=C.Cc1nc(Cl)nc(-c2ccccc2)n1. The Morgan fingerprint density at radius 3 is 2.24 bits per heavy atom. The van der Waals surface area contributed by atoms with E-state index in [9.17, 15) is 0 Å². The number of nitrogens with zero attached hydrogens (tertiary/aromatic N) is 3. The summed E-state index contributed by atoms with van der Waals surface area (Å²) in [5.74, 6) is 1.24. The fraction of sp³-hybridized carbons (Fsp3) is 0.118. The number of halogens is 1. The van der Waals surface area contributed by atoms with Crippen molar-refractivity contribution < 1.29 is 0 Å². The fourth-order valence-electron chi connectivity index (χ4n) is 1.42. The van der Waals surface area contributed by atoms with Crippen molar-refractivity contribution in [1.29, 1.82) is 0 Å². The summed E-state index contributed by atoms with van der Waals surface area (Å²) in [4.78, 5) is 12.1. The van der Waals surface area contributed by atoms with Gasteiger partial charge in [0.1, 0.15) is 5.82 Å². The highest BCUT2D eigenvalue weighted by molar-refractivity contribution is 6.28. The molecule has 0 aliphatic carbocycles. The molecule has 0 unspecified atom stereocenters. The molecule has 0 bridgehead atoms. The third kappa shape index (κ3) is 6.15. The molecule has 0 saturated carbocycles. The first-order valence-electron chi connectivity index (χ1n) is 6.42. The van der Waals surface area contributed by atoms with E-state index in [-0.39, 0.29) is 5.28 Å². The molecular formula is C17H18ClN3. The summed E-state index contributed by atoms with van der Waals surface area (Å²) in [6, 6.07) is 9.68. The molecule has 0 radical (unpaired) electrons. The molecule has 0 aliphatic heterocycles. The van der Waals surface area contributed by atoms with Crippen LogP contribution < -0.4 is 0 Å². The Kier molecular flexibility index (Phi) is 7.05. The van der Waals surface area contributed by atoms with Gasteiger partial charge >= 0.3 is 0 Å². The van der Waals surface area contributed by atoms with Crippen LogP contribution in [0.25, 0.3) is 11.4 Å². The lowest BCUT2D eigenvalue weighted by molar-refractivity contribution is 0.984. The maximum Gasteiger partial charge on any atom is 0.226 e. The molecule has 3 nitrogen and oxygen atoms in total. The van der Waals surface area contributed by atoms with Crippen LogP contribution in [0.4, 0.5) is 0 Å².